The first kappa shape index (κ1) is 49.1. The van der Waals surface area contributed by atoms with Crippen molar-refractivity contribution < 1.29 is 10.2 Å². The number of rotatable bonds is 16. The summed E-state index contributed by atoms with van der Waals surface area (Å²) < 4.78 is 4.70. The summed E-state index contributed by atoms with van der Waals surface area (Å²) in [6.45, 7) is 15.2. The molecule has 2 aliphatic carbocycles. The van der Waals surface area contributed by atoms with E-state index in [2.05, 4.69) is 126 Å². The number of hydrogen-bond donors (Lipinski definition) is 4. The van der Waals surface area contributed by atoms with Gasteiger partial charge in [-0.2, -0.15) is 9.97 Å². The number of fused-ring (bicyclic) bond motifs is 2. The van der Waals surface area contributed by atoms with Crippen LogP contribution in [0.15, 0.2) is 73.3 Å². The molecule has 10 rings (SSSR count). The Morgan fingerprint density at radius 2 is 0.957 bits per heavy atom. The molecule has 4 N–H and O–H groups in total. The molecule has 2 saturated heterocycles. The minimum absolute atomic E-state index is 0.161. The molecule has 4 aromatic heterocycles. The standard InChI is InChI=1S/C28H40N6O.C28H39N5O/c1-3-4-13-29-28-30-18-25-26(20-34(27(25)31-28)23-9-11-24(35)12-10-23)22-7-5-21(6-8-22)19-33-16-14-32(2)15-17-33;1-2-3-15-29-28-30-18-25-26(20-33(27(25)31-28)23-11-13-24(34)14-12-23)22-9-7-21(8-10-22)19-32-16-5-4-6-17-32/h5-8,18,20,23-24,35H,3-4,9-17,19H2,1-2H3,(H,29,30,31);7-10,18,20,23-24,34H,2-6,11-17,19H2,1H3,(H,29,30,31). The van der Waals surface area contributed by atoms with Crippen LogP contribution in [0.1, 0.15) is 133 Å². The first-order chi connectivity index (χ1) is 33.8. The molecule has 13 heteroatoms. The molecular formula is C56H79N11O2. The normalized spacial score (nSPS) is 21.9. The van der Waals surface area contributed by atoms with Crippen LogP contribution in [-0.2, 0) is 13.1 Å². The maximum atomic E-state index is 10.0. The molecule has 4 aliphatic rings. The summed E-state index contributed by atoms with van der Waals surface area (Å²) in [4.78, 5) is 26.7. The van der Waals surface area contributed by atoms with Crippen molar-refractivity contribution >= 4 is 34.0 Å². The average molecular weight is 938 g/mol. The topological polar surface area (TPSA) is 136 Å². The van der Waals surface area contributed by atoms with Gasteiger partial charge in [-0.25, -0.2) is 9.97 Å². The monoisotopic (exact) mass is 938 g/mol. The number of piperazine rings is 1. The van der Waals surface area contributed by atoms with Crippen LogP contribution in [0.25, 0.3) is 44.3 Å². The molecule has 69 heavy (non-hydrogen) atoms. The van der Waals surface area contributed by atoms with Gasteiger partial charge in [-0.15, -0.1) is 0 Å². The lowest BCUT2D eigenvalue weighted by Gasteiger charge is -2.32. The molecule has 370 valence electrons. The van der Waals surface area contributed by atoms with Gasteiger partial charge in [-0.3, -0.25) is 9.80 Å². The van der Waals surface area contributed by atoms with Gasteiger partial charge in [-0.05, 0) is 119 Å². The summed E-state index contributed by atoms with van der Waals surface area (Å²) >= 11 is 0. The molecule has 13 nitrogen and oxygen atoms in total. The molecule has 4 fully saturated rings. The number of aliphatic hydroxyl groups is 2. The third kappa shape index (κ3) is 12.5. The third-order valence-electron chi connectivity index (χ3n) is 15.3. The Balaban J connectivity index is 0.000000172. The number of aromatic nitrogens is 6. The first-order valence-corrected chi connectivity index (χ1v) is 26.7. The Morgan fingerprint density at radius 3 is 1.38 bits per heavy atom. The number of nitrogens with one attached hydrogen (secondary N) is 2. The summed E-state index contributed by atoms with van der Waals surface area (Å²) in [5, 5.41) is 29.1. The fourth-order valence-electron chi connectivity index (χ4n) is 10.9. The van der Waals surface area contributed by atoms with Crippen molar-refractivity contribution in [1.82, 2.24) is 43.8 Å². The lowest BCUT2D eigenvalue weighted by Crippen LogP contribution is -2.43. The van der Waals surface area contributed by atoms with E-state index in [1.165, 1.54) is 65.7 Å². The second kappa shape index (κ2) is 23.8. The van der Waals surface area contributed by atoms with Gasteiger partial charge in [0.15, 0.2) is 0 Å². The molecule has 2 aromatic carbocycles. The van der Waals surface area contributed by atoms with Crippen LogP contribution in [0.4, 0.5) is 11.9 Å². The highest BCUT2D eigenvalue weighted by molar-refractivity contribution is 5.95. The smallest absolute Gasteiger partial charge is 0.224 e. The van der Waals surface area contributed by atoms with Gasteiger partial charge >= 0.3 is 0 Å². The Bertz CT molecular complexity index is 2510. The van der Waals surface area contributed by atoms with E-state index < -0.39 is 0 Å². The number of unbranched alkanes of at least 4 members (excludes halogenated alkanes) is 2. The van der Waals surface area contributed by atoms with Gasteiger partial charge in [0.05, 0.1) is 12.2 Å². The number of benzene rings is 2. The van der Waals surface area contributed by atoms with E-state index in [1.807, 2.05) is 12.4 Å². The molecule has 0 spiro atoms. The third-order valence-corrected chi connectivity index (χ3v) is 15.3. The molecule has 0 unspecified atom stereocenters. The Morgan fingerprint density at radius 1 is 0.536 bits per heavy atom. The summed E-state index contributed by atoms with van der Waals surface area (Å²) in [7, 11) is 2.20. The summed E-state index contributed by atoms with van der Waals surface area (Å²) in [5.74, 6) is 1.41. The van der Waals surface area contributed by atoms with Crippen molar-refractivity contribution in [3.8, 4) is 22.3 Å². The highest BCUT2D eigenvalue weighted by Gasteiger charge is 2.26. The molecule has 6 aromatic rings. The largest absolute Gasteiger partial charge is 0.393 e. The van der Waals surface area contributed by atoms with E-state index in [0.717, 1.165) is 151 Å². The quantitative estimate of drug-likeness (QED) is 0.0691. The molecule has 0 amide bonds. The fourth-order valence-corrected chi connectivity index (χ4v) is 10.9. The molecular weight excluding hydrogens is 859 g/mol. The number of likely N-dealkylation sites (tertiary alicyclic amines) is 1. The Labute approximate surface area is 410 Å². The minimum atomic E-state index is -0.165. The number of aliphatic hydroxyl groups excluding tert-OH is 2. The number of anilines is 2. The maximum Gasteiger partial charge on any atom is 0.224 e. The highest BCUT2D eigenvalue weighted by Crippen LogP contribution is 2.39. The van der Waals surface area contributed by atoms with Gasteiger partial charge in [0.1, 0.15) is 11.3 Å². The average Bonchev–Trinajstić information content (AvgIpc) is 3.95. The van der Waals surface area contributed by atoms with E-state index in [1.54, 1.807) is 0 Å². The van der Waals surface area contributed by atoms with Gasteiger partial charge in [0, 0.05) is 111 Å². The number of hydrogen-bond acceptors (Lipinski definition) is 11. The molecule has 0 atom stereocenters. The lowest BCUT2D eigenvalue weighted by molar-refractivity contribution is 0.111. The molecule has 0 radical (unpaired) electrons. The van der Waals surface area contributed by atoms with Gasteiger partial charge in [0.25, 0.3) is 0 Å². The van der Waals surface area contributed by atoms with E-state index >= 15 is 0 Å². The number of nitrogens with zero attached hydrogens (tertiary/aromatic N) is 9. The van der Waals surface area contributed by atoms with Crippen molar-refractivity contribution in [2.75, 3.05) is 70.0 Å². The van der Waals surface area contributed by atoms with Crippen LogP contribution in [-0.4, -0.2) is 126 Å². The predicted molar refractivity (Wildman–Crippen MR) is 282 cm³/mol. The highest BCUT2D eigenvalue weighted by atomic mass is 16.3. The summed E-state index contributed by atoms with van der Waals surface area (Å²) in [5.41, 5.74) is 9.57. The predicted octanol–water partition coefficient (Wildman–Crippen LogP) is 10.3. The van der Waals surface area contributed by atoms with Crippen molar-refractivity contribution in [2.45, 2.75) is 148 Å². The van der Waals surface area contributed by atoms with Crippen LogP contribution in [0.3, 0.4) is 0 Å². The maximum absolute atomic E-state index is 10.0. The molecule has 0 bridgehead atoms. The van der Waals surface area contributed by atoms with Crippen molar-refractivity contribution in [3.63, 3.8) is 0 Å². The lowest BCUT2D eigenvalue weighted by atomic mass is 9.93. The number of likely N-dealkylation sites (N-methyl/N-ethyl adjacent to an activating group) is 1. The zero-order chi connectivity index (χ0) is 47.5. The van der Waals surface area contributed by atoms with Crippen LogP contribution in [0.2, 0.25) is 0 Å². The van der Waals surface area contributed by atoms with Crippen LogP contribution >= 0.6 is 0 Å². The second-order valence-electron chi connectivity index (χ2n) is 20.6. The van der Waals surface area contributed by atoms with Crippen LogP contribution in [0.5, 0.6) is 0 Å². The van der Waals surface area contributed by atoms with E-state index in [-0.39, 0.29) is 12.2 Å². The first-order valence-electron chi connectivity index (χ1n) is 26.7. The molecule has 6 heterocycles. The fraction of sp³-hybridized carbons (Fsp3) is 0.571. The SMILES string of the molecule is CCCCNc1ncc2c(-c3ccc(CN4CCCCC4)cc3)cn(C3CCC(O)CC3)c2n1.CCCCNc1ncc2c(-c3ccc(CN4CCN(C)CC4)cc3)cn(C3CCC(O)CC3)c2n1. The zero-order valence-electron chi connectivity index (χ0n) is 41.8. The van der Waals surface area contributed by atoms with Crippen molar-refractivity contribution in [2.24, 2.45) is 0 Å². The van der Waals surface area contributed by atoms with Gasteiger partial charge < -0.3 is 34.9 Å². The zero-order valence-corrected chi connectivity index (χ0v) is 41.8. The molecule has 2 saturated carbocycles. The number of piperidine rings is 1. The van der Waals surface area contributed by atoms with Gasteiger partial charge in [-0.1, -0.05) is 81.6 Å². The van der Waals surface area contributed by atoms with Crippen molar-refractivity contribution in [1.29, 1.82) is 0 Å². The van der Waals surface area contributed by atoms with E-state index in [9.17, 15) is 10.2 Å². The molecule has 2 aliphatic heterocycles. The summed E-state index contributed by atoms with van der Waals surface area (Å²) in [6.07, 6.45) is 24.1. The van der Waals surface area contributed by atoms with Gasteiger partial charge in [0.2, 0.25) is 11.9 Å². The van der Waals surface area contributed by atoms with E-state index in [0.29, 0.717) is 24.0 Å². The van der Waals surface area contributed by atoms with Crippen LogP contribution in [0, 0.1) is 0 Å². The van der Waals surface area contributed by atoms with Crippen molar-refractivity contribution in [3.05, 3.63) is 84.4 Å². The minimum Gasteiger partial charge on any atom is -0.393 e. The second-order valence-corrected chi connectivity index (χ2v) is 20.6. The Kier molecular flexibility index (Phi) is 16.9. The van der Waals surface area contributed by atoms with E-state index in [4.69, 9.17) is 9.97 Å². The summed E-state index contributed by atoms with van der Waals surface area (Å²) in [6, 6.07) is 18.9. The van der Waals surface area contributed by atoms with Crippen LogP contribution < -0.4 is 10.6 Å². The Hall–Kier alpha value is -4.92.